The largest absolute Gasteiger partial charge is 0.466 e. The lowest BCUT2D eigenvalue weighted by Gasteiger charge is -2.04. The van der Waals surface area contributed by atoms with E-state index in [-0.39, 0.29) is 12.4 Å². The van der Waals surface area contributed by atoms with Crippen molar-refractivity contribution in [1.82, 2.24) is 4.98 Å². The first-order chi connectivity index (χ1) is 10.6. The molecule has 0 bridgehead atoms. The second-order valence-corrected chi connectivity index (χ2v) is 5.18. The fourth-order valence-corrected chi connectivity index (χ4v) is 2.50. The average molecular weight is 320 g/mol. The predicted molar refractivity (Wildman–Crippen MR) is 83.5 cm³/mol. The van der Waals surface area contributed by atoms with Gasteiger partial charge < -0.3 is 14.8 Å². The van der Waals surface area contributed by atoms with Crippen LogP contribution < -0.4 is 5.32 Å². The van der Waals surface area contributed by atoms with E-state index in [1.54, 1.807) is 30.5 Å². The number of benzene rings is 1. The van der Waals surface area contributed by atoms with Gasteiger partial charge in [-0.3, -0.25) is 4.79 Å². The lowest BCUT2D eigenvalue weighted by molar-refractivity contribution is -0.142. The van der Waals surface area contributed by atoms with Gasteiger partial charge in [0.15, 0.2) is 5.13 Å². The van der Waals surface area contributed by atoms with Gasteiger partial charge in [-0.05, 0) is 25.1 Å². The summed E-state index contributed by atoms with van der Waals surface area (Å²) in [6.45, 7) is 2.12. The number of nitrogens with one attached hydrogen (secondary N) is 1. The molecule has 0 aliphatic rings. The van der Waals surface area contributed by atoms with Crippen LogP contribution >= 0.6 is 11.3 Å². The number of nitrogens with zero attached hydrogens (tertiary/aromatic N) is 1. The van der Waals surface area contributed by atoms with Gasteiger partial charge in [0.2, 0.25) is 0 Å². The summed E-state index contributed by atoms with van der Waals surface area (Å²) in [6, 6.07) is 6.92. The number of esters is 2. The summed E-state index contributed by atoms with van der Waals surface area (Å²) in [5.74, 6) is -0.696. The topological polar surface area (TPSA) is 77.5 Å². The molecule has 1 heterocycles. The number of ether oxygens (including phenoxy) is 2. The third-order valence-corrected chi connectivity index (χ3v) is 3.52. The normalized spacial score (nSPS) is 10.1. The fourth-order valence-electron chi connectivity index (χ4n) is 1.77. The van der Waals surface area contributed by atoms with Gasteiger partial charge in [0.05, 0.1) is 31.4 Å². The highest BCUT2D eigenvalue weighted by Gasteiger charge is 2.10. The molecule has 0 aliphatic heterocycles. The highest BCUT2D eigenvalue weighted by Crippen LogP contribution is 2.22. The monoisotopic (exact) mass is 320 g/mol. The van der Waals surface area contributed by atoms with E-state index in [9.17, 15) is 9.59 Å². The van der Waals surface area contributed by atoms with E-state index in [1.807, 2.05) is 6.07 Å². The molecule has 0 spiro atoms. The van der Waals surface area contributed by atoms with Crippen molar-refractivity contribution in [3.63, 3.8) is 0 Å². The maximum absolute atomic E-state index is 11.5. The van der Waals surface area contributed by atoms with E-state index in [0.717, 1.165) is 5.69 Å². The first-order valence-corrected chi connectivity index (χ1v) is 7.55. The van der Waals surface area contributed by atoms with Crippen molar-refractivity contribution in [2.75, 3.05) is 19.0 Å². The Kier molecular flexibility index (Phi) is 5.48. The SMILES string of the molecule is CCOC(=O)Cc1csc(Nc2cccc(C(=O)OC)c2)n1. The minimum absolute atomic E-state index is 0.147. The second-order valence-electron chi connectivity index (χ2n) is 4.32. The highest BCUT2D eigenvalue weighted by molar-refractivity contribution is 7.13. The molecule has 1 aromatic carbocycles. The number of hydrogen-bond donors (Lipinski definition) is 1. The van der Waals surface area contributed by atoms with Crippen LogP contribution in [0.25, 0.3) is 0 Å². The van der Waals surface area contributed by atoms with Crippen molar-refractivity contribution in [3.8, 4) is 0 Å². The first kappa shape index (κ1) is 16.0. The van der Waals surface area contributed by atoms with Crippen LogP contribution in [0.4, 0.5) is 10.8 Å². The number of hydrogen-bond acceptors (Lipinski definition) is 7. The van der Waals surface area contributed by atoms with Gasteiger partial charge >= 0.3 is 11.9 Å². The molecule has 7 heteroatoms. The molecule has 1 N–H and O–H groups in total. The van der Waals surface area contributed by atoms with Gasteiger partial charge in [-0.15, -0.1) is 11.3 Å². The Labute approximate surface area is 132 Å². The van der Waals surface area contributed by atoms with Crippen molar-refractivity contribution in [2.24, 2.45) is 0 Å². The average Bonchev–Trinajstić information content (AvgIpc) is 2.93. The Morgan fingerprint density at radius 2 is 2.18 bits per heavy atom. The molecule has 0 amide bonds. The quantitative estimate of drug-likeness (QED) is 0.825. The minimum atomic E-state index is -0.397. The molecule has 116 valence electrons. The highest BCUT2D eigenvalue weighted by atomic mass is 32.1. The molecule has 0 fully saturated rings. The Morgan fingerprint density at radius 1 is 1.36 bits per heavy atom. The van der Waals surface area contributed by atoms with Crippen molar-refractivity contribution in [2.45, 2.75) is 13.3 Å². The summed E-state index contributed by atoms with van der Waals surface area (Å²) in [7, 11) is 1.34. The zero-order valence-corrected chi connectivity index (χ0v) is 13.1. The van der Waals surface area contributed by atoms with E-state index < -0.39 is 5.97 Å². The first-order valence-electron chi connectivity index (χ1n) is 6.67. The number of aromatic nitrogens is 1. The molecule has 0 saturated carbocycles. The number of thiazole rings is 1. The molecule has 0 unspecified atom stereocenters. The van der Waals surface area contributed by atoms with Gasteiger partial charge in [-0.25, -0.2) is 9.78 Å². The third kappa shape index (κ3) is 4.29. The lowest BCUT2D eigenvalue weighted by Crippen LogP contribution is -2.07. The third-order valence-electron chi connectivity index (χ3n) is 2.72. The van der Waals surface area contributed by atoms with Gasteiger partial charge in [0.25, 0.3) is 0 Å². The maximum Gasteiger partial charge on any atom is 0.337 e. The molecule has 2 rings (SSSR count). The zero-order valence-electron chi connectivity index (χ0n) is 12.3. The number of anilines is 2. The molecule has 0 atom stereocenters. The second kappa shape index (κ2) is 7.56. The van der Waals surface area contributed by atoms with Crippen LogP contribution in [-0.4, -0.2) is 30.6 Å². The molecular formula is C15H16N2O4S. The van der Waals surface area contributed by atoms with Crippen LogP contribution in [-0.2, 0) is 20.7 Å². The van der Waals surface area contributed by atoms with E-state index in [0.29, 0.717) is 23.0 Å². The van der Waals surface area contributed by atoms with Gasteiger partial charge in [0.1, 0.15) is 0 Å². The maximum atomic E-state index is 11.5. The van der Waals surface area contributed by atoms with Gasteiger partial charge in [-0.1, -0.05) is 6.07 Å². The fraction of sp³-hybridized carbons (Fsp3) is 0.267. The Morgan fingerprint density at radius 3 is 2.91 bits per heavy atom. The summed E-state index contributed by atoms with van der Waals surface area (Å²) in [4.78, 5) is 27.2. The molecule has 0 saturated heterocycles. The van der Waals surface area contributed by atoms with E-state index in [4.69, 9.17) is 4.74 Å². The number of methoxy groups -OCH3 is 1. The van der Waals surface area contributed by atoms with Crippen LogP contribution in [0.1, 0.15) is 23.0 Å². The summed E-state index contributed by atoms with van der Waals surface area (Å²) in [5, 5.41) is 5.53. The van der Waals surface area contributed by atoms with Gasteiger partial charge in [-0.2, -0.15) is 0 Å². The van der Waals surface area contributed by atoms with Crippen LogP contribution in [0.3, 0.4) is 0 Å². The molecule has 0 radical (unpaired) electrons. The van der Waals surface area contributed by atoms with E-state index in [2.05, 4.69) is 15.0 Å². The molecule has 0 aliphatic carbocycles. The van der Waals surface area contributed by atoms with Crippen molar-refractivity contribution >= 4 is 34.1 Å². The number of rotatable bonds is 6. The van der Waals surface area contributed by atoms with Crippen molar-refractivity contribution in [3.05, 3.63) is 40.9 Å². The van der Waals surface area contributed by atoms with Crippen LogP contribution in [0.2, 0.25) is 0 Å². The summed E-state index contributed by atoms with van der Waals surface area (Å²) in [5.41, 5.74) is 1.82. The summed E-state index contributed by atoms with van der Waals surface area (Å²) in [6.07, 6.45) is 0.147. The molecule has 22 heavy (non-hydrogen) atoms. The lowest BCUT2D eigenvalue weighted by atomic mass is 10.2. The predicted octanol–water partition coefficient (Wildman–Crippen LogP) is 2.78. The summed E-state index contributed by atoms with van der Waals surface area (Å²) >= 11 is 1.38. The van der Waals surface area contributed by atoms with Crippen molar-refractivity contribution < 1.29 is 19.1 Å². The molecular weight excluding hydrogens is 304 g/mol. The van der Waals surface area contributed by atoms with E-state index in [1.165, 1.54) is 18.4 Å². The number of carbonyl (C=O) groups excluding carboxylic acids is 2. The van der Waals surface area contributed by atoms with Crippen LogP contribution in [0.5, 0.6) is 0 Å². The van der Waals surface area contributed by atoms with Crippen molar-refractivity contribution in [1.29, 1.82) is 0 Å². The standard InChI is InChI=1S/C15H16N2O4S/c1-3-21-13(18)8-12-9-22-15(17-12)16-11-6-4-5-10(7-11)14(19)20-2/h4-7,9H,3,8H2,1-2H3,(H,16,17). The Bertz CT molecular complexity index is 669. The Balaban J connectivity index is 2.04. The summed E-state index contributed by atoms with van der Waals surface area (Å²) < 4.78 is 9.56. The van der Waals surface area contributed by atoms with Gasteiger partial charge in [0, 0.05) is 11.1 Å². The van der Waals surface area contributed by atoms with Crippen LogP contribution in [0, 0.1) is 0 Å². The minimum Gasteiger partial charge on any atom is -0.466 e. The number of carbonyl (C=O) groups is 2. The smallest absolute Gasteiger partial charge is 0.337 e. The van der Waals surface area contributed by atoms with E-state index >= 15 is 0 Å². The van der Waals surface area contributed by atoms with Crippen LogP contribution in [0.15, 0.2) is 29.6 Å². The molecule has 1 aromatic heterocycles. The molecule has 6 nitrogen and oxygen atoms in total. The molecule has 2 aromatic rings. The zero-order chi connectivity index (χ0) is 15.9. The Hall–Kier alpha value is -2.41.